The summed E-state index contributed by atoms with van der Waals surface area (Å²) in [6, 6.07) is -0.487. The van der Waals surface area contributed by atoms with Crippen LogP contribution in [-0.4, -0.2) is 30.1 Å². The average Bonchev–Trinajstić information content (AvgIpc) is 2.24. The van der Waals surface area contributed by atoms with Gasteiger partial charge in [-0.3, -0.25) is 10.1 Å². The van der Waals surface area contributed by atoms with Gasteiger partial charge in [0.15, 0.2) is 12.0 Å². The summed E-state index contributed by atoms with van der Waals surface area (Å²) in [4.78, 5) is 15.0. The Morgan fingerprint density at radius 3 is 2.62 bits per heavy atom. The molecule has 74 valence electrons. The zero-order valence-corrected chi connectivity index (χ0v) is 8.13. The highest BCUT2D eigenvalue weighted by atomic mass is 16.5. The van der Waals surface area contributed by atoms with Crippen LogP contribution in [0.3, 0.4) is 0 Å². The lowest BCUT2D eigenvalue weighted by Gasteiger charge is -2.20. The van der Waals surface area contributed by atoms with E-state index in [9.17, 15) is 4.79 Å². The first-order chi connectivity index (χ1) is 5.88. The Kier molecular flexibility index (Phi) is 2.56. The molecule has 13 heavy (non-hydrogen) atoms. The molecule has 1 rings (SSSR count). The van der Waals surface area contributed by atoms with Crippen LogP contribution < -0.4 is 11.1 Å². The third-order valence-corrected chi connectivity index (χ3v) is 1.52. The third-order valence-electron chi connectivity index (χ3n) is 1.52. The summed E-state index contributed by atoms with van der Waals surface area (Å²) in [6.45, 7) is 6.04. The van der Waals surface area contributed by atoms with Gasteiger partial charge in [-0.2, -0.15) is 0 Å². The number of nitrogens with one attached hydrogen (secondary N) is 1. The van der Waals surface area contributed by atoms with E-state index in [-0.39, 0.29) is 24.1 Å². The molecule has 0 spiro atoms. The lowest BCUT2D eigenvalue weighted by Crippen LogP contribution is -2.35. The first-order valence-corrected chi connectivity index (χ1v) is 4.16. The molecular formula is C8H15N3O2. The molecule has 0 aromatic heterocycles. The quantitative estimate of drug-likeness (QED) is 0.615. The molecule has 5 heteroatoms. The molecule has 0 aromatic rings. The molecule has 1 amide bonds. The van der Waals surface area contributed by atoms with Crippen LogP contribution in [0.25, 0.3) is 0 Å². The van der Waals surface area contributed by atoms with Crippen LogP contribution >= 0.6 is 0 Å². The predicted octanol–water partition coefficient (Wildman–Crippen LogP) is -0.385. The average molecular weight is 185 g/mol. The van der Waals surface area contributed by atoms with Gasteiger partial charge in [0.1, 0.15) is 0 Å². The molecule has 0 aromatic carbocycles. The highest BCUT2D eigenvalue weighted by Gasteiger charge is 2.26. The Balaban J connectivity index is 2.42. The van der Waals surface area contributed by atoms with Gasteiger partial charge in [-0.25, -0.2) is 4.99 Å². The predicted molar refractivity (Wildman–Crippen MR) is 49.3 cm³/mol. The van der Waals surface area contributed by atoms with E-state index in [4.69, 9.17) is 10.5 Å². The van der Waals surface area contributed by atoms with Crippen molar-refractivity contribution in [3.05, 3.63) is 0 Å². The topological polar surface area (TPSA) is 76.7 Å². The second-order valence-electron chi connectivity index (χ2n) is 3.94. The van der Waals surface area contributed by atoms with E-state index < -0.39 is 6.04 Å². The molecule has 1 aliphatic heterocycles. The highest BCUT2D eigenvalue weighted by Crippen LogP contribution is 2.09. The van der Waals surface area contributed by atoms with Gasteiger partial charge in [0, 0.05) is 0 Å². The maximum absolute atomic E-state index is 11.1. The molecule has 1 atom stereocenters. The molecule has 0 radical (unpaired) electrons. The number of hydrogen-bond acceptors (Lipinski definition) is 4. The molecule has 3 N–H and O–H groups in total. The Morgan fingerprint density at radius 2 is 2.23 bits per heavy atom. The zero-order chi connectivity index (χ0) is 10.1. The minimum atomic E-state index is -0.487. The van der Waals surface area contributed by atoms with E-state index in [1.54, 1.807) is 0 Å². The van der Waals surface area contributed by atoms with Crippen LogP contribution in [0.1, 0.15) is 20.8 Å². The fraction of sp³-hybridized carbons (Fsp3) is 0.750. The van der Waals surface area contributed by atoms with Gasteiger partial charge in [-0.15, -0.1) is 0 Å². The van der Waals surface area contributed by atoms with Crippen LogP contribution in [0.15, 0.2) is 4.99 Å². The number of carbonyl (C=O) groups is 1. The summed E-state index contributed by atoms with van der Waals surface area (Å²) in [5.74, 6) is -0.0192. The monoisotopic (exact) mass is 185 g/mol. The molecule has 0 saturated carbocycles. The van der Waals surface area contributed by atoms with Crippen molar-refractivity contribution in [2.75, 3.05) is 6.61 Å². The smallest absolute Gasteiger partial charge is 0.253 e. The van der Waals surface area contributed by atoms with Gasteiger partial charge in [0.05, 0.1) is 12.2 Å². The Labute approximate surface area is 77.3 Å². The van der Waals surface area contributed by atoms with E-state index in [0.717, 1.165) is 0 Å². The summed E-state index contributed by atoms with van der Waals surface area (Å²) < 4.78 is 5.41. The van der Waals surface area contributed by atoms with Crippen molar-refractivity contribution in [3.8, 4) is 0 Å². The summed E-state index contributed by atoms with van der Waals surface area (Å²) in [5, 5.41) is 2.41. The number of nitrogens with two attached hydrogens (primary N) is 1. The Hall–Kier alpha value is -1.10. The summed E-state index contributed by atoms with van der Waals surface area (Å²) >= 11 is 0. The number of ether oxygens (including phenoxy) is 1. The molecule has 0 unspecified atom stereocenters. The summed E-state index contributed by atoms with van der Waals surface area (Å²) in [6.07, 6.45) is 0. The zero-order valence-electron chi connectivity index (χ0n) is 8.13. The maximum Gasteiger partial charge on any atom is 0.253 e. The van der Waals surface area contributed by atoms with Gasteiger partial charge < -0.3 is 10.5 Å². The van der Waals surface area contributed by atoms with Crippen LogP contribution in [0.2, 0.25) is 0 Å². The molecule has 1 heterocycles. The van der Waals surface area contributed by atoms with E-state index in [1.165, 1.54) is 0 Å². The van der Waals surface area contributed by atoms with Crippen molar-refractivity contribution < 1.29 is 9.53 Å². The first-order valence-electron chi connectivity index (χ1n) is 4.16. The van der Waals surface area contributed by atoms with Crippen molar-refractivity contribution in [1.29, 1.82) is 0 Å². The van der Waals surface area contributed by atoms with E-state index in [2.05, 4.69) is 10.3 Å². The van der Waals surface area contributed by atoms with E-state index in [0.29, 0.717) is 0 Å². The molecule has 5 nitrogen and oxygen atoms in total. The second-order valence-corrected chi connectivity index (χ2v) is 3.94. The fourth-order valence-corrected chi connectivity index (χ4v) is 0.910. The fourth-order valence-electron chi connectivity index (χ4n) is 0.910. The van der Waals surface area contributed by atoms with Crippen LogP contribution in [0, 0.1) is 0 Å². The van der Waals surface area contributed by atoms with Crippen molar-refractivity contribution in [2.24, 2.45) is 10.7 Å². The van der Waals surface area contributed by atoms with Gasteiger partial charge in [0.2, 0.25) is 0 Å². The van der Waals surface area contributed by atoms with Crippen molar-refractivity contribution in [1.82, 2.24) is 5.32 Å². The minimum absolute atomic E-state index is 0.174. The summed E-state index contributed by atoms with van der Waals surface area (Å²) in [7, 11) is 0. The molecular weight excluding hydrogens is 170 g/mol. The Bertz CT molecular complexity index is 242. The number of aliphatic imine (C=N–C) groups is 1. The Morgan fingerprint density at radius 1 is 1.62 bits per heavy atom. The SMILES string of the molecule is CC(C)(C)OC[C@@H]1N=C(N)NC1=O. The van der Waals surface area contributed by atoms with Crippen molar-refractivity contribution >= 4 is 11.9 Å². The standard InChI is InChI=1S/C8H15N3O2/c1-8(2,3)13-4-5-6(12)11-7(9)10-5/h5H,4H2,1-3H3,(H3,9,10,11,12)/t5-/m0/s1. The molecule has 0 fully saturated rings. The number of guanidine groups is 1. The van der Waals surface area contributed by atoms with Gasteiger partial charge in [-0.05, 0) is 20.8 Å². The van der Waals surface area contributed by atoms with Gasteiger partial charge >= 0.3 is 0 Å². The lowest BCUT2D eigenvalue weighted by molar-refractivity contribution is -0.122. The number of rotatable bonds is 2. The minimum Gasteiger partial charge on any atom is -0.373 e. The third kappa shape index (κ3) is 3.02. The molecule has 0 bridgehead atoms. The van der Waals surface area contributed by atoms with Crippen molar-refractivity contribution in [2.45, 2.75) is 32.4 Å². The molecule has 0 aliphatic carbocycles. The second kappa shape index (κ2) is 3.33. The number of carbonyl (C=O) groups excluding carboxylic acids is 1. The number of amides is 1. The van der Waals surface area contributed by atoms with Gasteiger partial charge in [-0.1, -0.05) is 0 Å². The molecule has 0 saturated heterocycles. The van der Waals surface area contributed by atoms with E-state index >= 15 is 0 Å². The molecule has 1 aliphatic rings. The largest absolute Gasteiger partial charge is 0.373 e. The van der Waals surface area contributed by atoms with E-state index in [1.807, 2.05) is 20.8 Å². The highest BCUT2D eigenvalue weighted by molar-refractivity contribution is 6.04. The summed E-state index contributed by atoms with van der Waals surface area (Å²) in [5.41, 5.74) is 5.06. The number of nitrogens with zero attached hydrogens (tertiary/aromatic N) is 1. The first kappa shape index (κ1) is 9.98. The normalized spacial score (nSPS) is 22.8. The van der Waals surface area contributed by atoms with Crippen LogP contribution in [0.5, 0.6) is 0 Å². The lowest BCUT2D eigenvalue weighted by atomic mass is 10.2. The van der Waals surface area contributed by atoms with Gasteiger partial charge in [0.25, 0.3) is 5.91 Å². The van der Waals surface area contributed by atoms with Crippen LogP contribution in [-0.2, 0) is 9.53 Å². The van der Waals surface area contributed by atoms with Crippen LogP contribution in [0.4, 0.5) is 0 Å². The number of hydrogen-bond donors (Lipinski definition) is 2. The maximum atomic E-state index is 11.1. The van der Waals surface area contributed by atoms with Crippen molar-refractivity contribution in [3.63, 3.8) is 0 Å².